The maximum atomic E-state index is 13.2. The maximum Gasteiger partial charge on any atom is 0.241 e. The number of benzene rings is 2. The molecule has 220 valence electrons. The first kappa shape index (κ1) is 28.4. The first-order valence-corrected chi connectivity index (χ1v) is 16.7. The van der Waals surface area contributed by atoms with Crippen LogP contribution in [0.4, 0.5) is 5.69 Å². The first-order chi connectivity index (χ1) is 19.2. The number of hydrogen-bond acceptors (Lipinski definition) is 7. The van der Waals surface area contributed by atoms with Gasteiger partial charge < -0.3 is 15.0 Å². The van der Waals surface area contributed by atoms with Crippen molar-refractivity contribution in [1.82, 2.24) is 10.0 Å². The van der Waals surface area contributed by atoms with Crippen LogP contribution in [0, 0.1) is 17.8 Å². The number of hydrogen-bond donors (Lipinski definition) is 2. The first-order valence-electron chi connectivity index (χ1n) is 15.2. The van der Waals surface area contributed by atoms with Gasteiger partial charge in [0.2, 0.25) is 21.6 Å². The van der Waals surface area contributed by atoms with Crippen LogP contribution < -0.4 is 14.9 Å². The molecule has 2 spiro atoms. The second-order valence-corrected chi connectivity index (χ2v) is 14.5. The monoisotopic (exact) mass is 571 g/mol. The fourth-order valence-corrected chi connectivity index (χ4v) is 9.05. The summed E-state index contributed by atoms with van der Waals surface area (Å²) in [7, 11) is 0.313. The van der Waals surface area contributed by atoms with E-state index in [9.17, 15) is 8.42 Å². The van der Waals surface area contributed by atoms with E-state index < -0.39 is 21.6 Å². The van der Waals surface area contributed by atoms with Gasteiger partial charge in [0.1, 0.15) is 0 Å². The third-order valence-electron chi connectivity index (χ3n) is 9.85. The van der Waals surface area contributed by atoms with Gasteiger partial charge in [-0.05, 0) is 63.1 Å². The Morgan fingerprint density at radius 1 is 0.950 bits per heavy atom. The van der Waals surface area contributed by atoms with Crippen molar-refractivity contribution >= 4 is 26.5 Å². The summed E-state index contributed by atoms with van der Waals surface area (Å²) >= 11 is 0. The molecule has 2 aromatic carbocycles. The summed E-state index contributed by atoms with van der Waals surface area (Å²) in [6, 6.07) is 11.6. The molecule has 0 radical (unpaired) electrons. The summed E-state index contributed by atoms with van der Waals surface area (Å²) in [5.41, 5.74) is 0.999. The molecule has 4 unspecified atom stereocenters. The molecule has 9 heteroatoms. The molecule has 4 atom stereocenters. The van der Waals surface area contributed by atoms with Gasteiger partial charge in [0.25, 0.3) is 0 Å². The number of ether oxygens (including phenoxy) is 1. The van der Waals surface area contributed by atoms with Crippen LogP contribution in [0.15, 0.2) is 41.3 Å². The zero-order valence-corrected chi connectivity index (χ0v) is 25.0. The second-order valence-electron chi connectivity index (χ2n) is 12.8. The molecule has 1 aliphatic heterocycles. The molecular formula is C31H45N3O5S. The molecular weight excluding hydrogens is 526 g/mol. The summed E-state index contributed by atoms with van der Waals surface area (Å²) in [4.78, 5) is 14.5. The Morgan fingerprint density at radius 3 is 2.52 bits per heavy atom. The third kappa shape index (κ3) is 5.29. The van der Waals surface area contributed by atoms with Gasteiger partial charge in [0.05, 0.1) is 4.90 Å². The molecule has 4 fully saturated rings. The number of rotatable bonds is 8. The van der Waals surface area contributed by atoms with Gasteiger partial charge >= 0.3 is 0 Å². The minimum absolute atomic E-state index is 0.326. The standard InChI is InChI=1S/C31H45N3O5S/c1-22-20-23-8-4-9-24(21-23)31(22)37-30(38-39-31)16-14-25(15-17-30)32-18-7-19-33-40(35,36)29-13-6-10-26-27(29)11-5-12-28(26)34(2)3/h5-6,10-13,22-25,32-33H,4,7-9,14-21H2,1-3H3. The summed E-state index contributed by atoms with van der Waals surface area (Å²) in [6.45, 7) is 3.41. The largest absolute Gasteiger partial charge is 0.377 e. The van der Waals surface area contributed by atoms with Crippen molar-refractivity contribution in [3.8, 4) is 0 Å². The van der Waals surface area contributed by atoms with Crippen LogP contribution in [0.2, 0.25) is 0 Å². The van der Waals surface area contributed by atoms with Gasteiger partial charge in [0, 0.05) is 67.8 Å². The lowest BCUT2D eigenvalue weighted by molar-refractivity contribution is -0.379. The van der Waals surface area contributed by atoms with Gasteiger partial charge in [-0.15, -0.1) is 0 Å². The van der Waals surface area contributed by atoms with E-state index >= 15 is 0 Å². The molecule has 3 saturated carbocycles. The highest BCUT2D eigenvalue weighted by atomic mass is 32.2. The van der Waals surface area contributed by atoms with E-state index in [1.165, 1.54) is 32.1 Å². The highest BCUT2D eigenvalue weighted by Gasteiger charge is 2.62. The molecule has 2 bridgehead atoms. The van der Waals surface area contributed by atoms with E-state index in [-0.39, 0.29) is 0 Å². The van der Waals surface area contributed by atoms with E-state index in [0.29, 0.717) is 35.7 Å². The zero-order chi connectivity index (χ0) is 28.0. The molecule has 2 aromatic rings. The van der Waals surface area contributed by atoms with E-state index in [1.54, 1.807) is 6.07 Å². The minimum atomic E-state index is -3.62. The van der Waals surface area contributed by atoms with Gasteiger partial charge in [-0.2, -0.15) is 9.78 Å². The van der Waals surface area contributed by atoms with Crippen molar-refractivity contribution in [2.75, 3.05) is 32.1 Å². The molecule has 6 rings (SSSR count). The average molecular weight is 572 g/mol. The van der Waals surface area contributed by atoms with Gasteiger partial charge in [-0.1, -0.05) is 44.0 Å². The lowest BCUT2D eigenvalue weighted by Gasteiger charge is -2.49. The Kier molecular flexibility index (Phi) is 7.91. The Balaban J connectivity index is 0.974. The lowest BCUT2D eigenvalue weighted by atomic mass is 9.64. The fraction of sp³-hybridized carbons (Fsp3) is 0.677. The number of nitrogens with one attached hydrogen (secondary N) is 2. The Bertz CT molecular complexity index is 1310. The molecule has 3 aliphatic carbocycles. The van der Waals surface area contributed by atoms with Crippen molar-refractivity contribution in [1.29, 1.82) is 0 Å². The molecule has 2 N–H and O–H groups in total. The number of anilines is 1. The van der Waals surface area contributed by atoms with Crippen LogP contribution >= 0.6 is 0 Å². The molecule has 1 heterocycles. The molecule has 0 aromatic heterocycles. The van der Waals surface area contributed by atoms with Gasteiger partial charge in [0.15, 0.2) is 0 Å². The summed E-state index contributed by atoms with van der Waals surface area (Å²) in [6.07, 6.45) is 10.4. The Hall–Kier alpha value is -1.75. The molecule has 4 aliphatic rings. The second kappa shape index (κ2) is 11.2. The fourth-order valence-electron chi connectivity index (χ4n) is 7.75. The Morgan fingerprint density at radius 2 is 1.73 bits per heavy atom. The van der Waals surface area contributed by atoms with Crippen LogP contribution in [0.1, 0.15) is 71.1 Å². The SMILES string of the molecule is CC1CC2CCCC(C2)C12OOC1(CCC(NCCCNS(=O)(=O)c3cccc4c(N(C)C)cccc34)CC1)O2. The zero-order valence-electron chi connectivity index (χ0n) is 24.2. The smallest absolute Gasteiger partial charge is 0.241 e. The lowest BCUT2D eigenvalue weighted by Crippen LogP contribution is -2.53. The topological polar surface area (TPSA) is 89.1 Å². The summed E-state index contributed by atoms with van der Waals surface area (Å²) in [5, 5.41) is 5.30. The van der Waals surface area contributed by atoms with E-state index in [2.05, 4.69) is 17.0 Å². The highest BCUT2D eigenvalue weighted by Crippen LogP contribution is 2.57. The summed E-state index contributed by atoms with van der Waals surface area (Å²) < 4.78 is 35.9. The van der Waals surface area contributed by atoms with Gasteiger partial charge in [-0.3, -0.25) is 0 Å². The molecule has 1 saturated heterocycles. The predicted octanol–water partition coefficient (Wildman–Crippen LogP) is 5.32. The normalized spacial score (nSPS) is 34.1. The van der Waals surface area contributed by atoms with Crippen molar-refractivity contribution in [2.24, 2.45) is 17.8 Å². The molecule has 40 heavy (non-hydrogen) atoms. The van der Waals surface area contributed by atoms with Gasteiger partial charge in [-0.25, -0.2) is 13.1 Å². The third-order valence-corrected chi connectivity index (χ3v) is 11.4. The molecule has 0 amide bonds. The average Bonchev–Trinajstić information content (AvgIpc) is 3.32. The van der Waals surface area contributed by atoms with Crippen LogP contribution in [-0.2, 0) is 24.5 Å². The van der Waals surface area contributed by atoms with Crippen LogP contribution in [-0.4, -0.2) is 53.2 Å². The predicted molar refractivity (Wildman–Crippen MR) is 156 cm³/mol. The van der Waals surface area contributed by atoms with Crippen LogP contribution in [0.3, 0.4) is 0 Å². The molecule has 8 nitrogen and oxygen atoms in total. The van der Waals surface area contributed by atoms with Crippen LogP contribution in [0.5, 0.6) is 0 Å². The quantitative estimate of drug-likeness (QED) is 0.327. The summed E-state index contributed by atoms with van der Waals surface area (Å²) in [5.74, 6) is 0.442. The number of fused-ring (bicyclic) bond motifs is 4. The van der Waals surface area contributed by atoms with Crippen molar-refractivity contribution in [3.63, 3.8) is 0 Å². The number of nitrogens with zero attached hydrogens (tertiary/aromatic N) is 1. The number of sulfonamides is 1. The minimum Gasteiger partial charge on any atom is -0.377 e. The van der Waals surface area contributed by atoms with E-state index in [0.717, 1.165) is 54.6 Å². The van der Waals surface area contributed by atoms with Crippen molar-refractivity contribution < 1.29 is 22.9 Å². The Labute approximate surface area is 239 Å². The maximum absolute atomic E-state index is 13.2. The van der Waals surface area contributed by atoms with E-state index in [4.69, 9.17) is 14.5 Å². The van der Waals surface area contributed by atoms with E-state index in [1.807, 2.05) is 49.3 Å². The van der Waals surface area contributed by atoms with Crippen LogP contribution in [0.25, 0.3) is 10.8 Å². The van der Waals surface area contributed by atoms with Crippen molar-refractivity contribution in [3.05, 3.63) is 36.4 Å². The van der Waals surface area contributed by atoms with Crippen molar-refractivity contribution in [2.45, 2.75) is 93.6 Å². The highest BCUT2D eigenvalue weighted by molar-refractivity contribution is 7.89.